The first kappa shape index (κ1) is 12.3. The average Bonchev–Trinajstić information content (AvgIpc) is 2.85. The number of carboxylic acid groups (broad SMARTS) is 1. The molecule has 0 aliphatic heterocycles. The van der Waals surface area contributed by atoms with Crippen LogP contribution < -0.4 is 0 Å². The van der Waals surface area contributed by atoms with E-state index < -0.39 is 5.97 Å². The minimum Gasteiger partial charge on any atom is -0.478 e. The van der Waals surface area contributed by atoms with Gasteiger partial charge in [0.1, 0.15) is 5.69 Å². The van der Waals surface area contributed by atoms with Crippen LogP contribution in [0.2, 0.25) is 0 Å². The summed E-state index contributed by atoms with van der Waals surface area (Å²) in [7, 11) is 0. The second-order valence-electron chi connectivity index (χ2n) is 4.05. The smallest absolute Gasteiger partial charge is 0.337 e. The molecule has 1 heterocycles. The zero-order chi connectivity index (χ0) is 13.0. The van der Waals surface area contributed by atoms with Crippen LogP contribution in [0.4, 0.5) is 0 Å². The molecule has 1 N–H and O–H groups in total. The summed E-state index contributed by atoms with van der Waals surface area (Å²) in [6.45, 7) is 2.12. The zero-order valence-corrected chi connectivity index (χ0v) is 10.2. The van der Waals surface area contributed by atoms with Gasteiger partial charge in [0, 0.05) is 0 Å². The van der Waals surface area contributed by atoms with E-state index in [-0.39, 0.29) is 5.56 Å². The predicted octanol–water partition coefficient (Wildman–Crippen LogP) is 2.31. The lowest BCUT2D eigenvalue weighted by molar-refractivity contribution is 0.0696. The third-order valence-corrected chi connectivity index (χ3v) is 2.68. The molecule has 1 aromatic heterocycles. The second kappa shape index (κ2) is 5.44. The average molecular weight is 245 g/mol. The van der Waals surface area contributed by atoms with Crippen LogP contribution in [0.1, 0.15) is 35.8 Å². The van der Waals surface area contributed by atoms with Gasteiger partial charge in [0.25, 0.3) is 0 Å². The van der Waals surface area contributed by atoms with Gasteiger partial charge >= 0.3 is 5.97 Å². The molecule has 2 aromatic rings. The van der Waals surface area contributed by atoms with E-state index in [4.69, 9.17) is 5.11 Å². The molecular formula is C13H15N3O2. The summed E-state index contributed by atoms with van der Waals surface area (Å²) in [6.07, 6.45) is 4.71. The lowest BCUT2D eigenvalue weighted by Gasteiger charge is -2.03. The molecule has 5 nitrogen and oxygen atoms in total. The van der Waals surface area contributed by atoms with Gasteiger partial charge in [-0.25, -0.2) is 4.79 Å². The highest BCUT2D eigenvalue weighted by Gasteiger charge is 2.12. The number of benzene rings is 1. The molecule has 0 aliphatic carbocycles. The maximum absolute atomic E-state index is 11.1. The minimum absolute atomic E-state index is 0.204. The third kappa shape index (κ3) is 2.56. The molecule has 0 spiro atoms. The van der Waals surface area contributed by atoms with Crippen molar-refractivity contribution in [1.29, 1.82) is 0 Å². The molecule has 0 fully saturated rings. The Kier molecular flexibility index (Phi) is 3.72. The van der Waals surface area contributed by atoms with Gasteiger partial charge in [-0.3, -0.25) is 0 Å². The highest BCUT2D eigenvalue weighted by molar-refractivity contribution is 5.91. The summed E-state index contributed by atoms with van der Waals surface area (Å²) in [5.41, 5.74) is 1.58. The molecule has 0 saturated carbocycles. The zero-order valence-electron chi connectivity index (χ0n) is 10.2. The molecular weight excluding hydrogens is 230 g/mol. The van der Waals surface area contributed by atoms with Gasteiger partial charge in [0.2, 0.25) is 0 Å². The van der Waals surface area contributed by atoms with Crippen LogP contribution in [-0.2, 0) is 6.42 Å². The highest BCUT2D eigenvalue weighted by atomic mass is 16.4. The molecule has 0 atom stereocenters. The molecule has 0 unspecified atom stereocenters. The van der Waals surface area contributed by atoms with Crippen molar-refractivity contribution in [2.24, 2.45) is 0 Å². The van der Waals surface area contributed by atoms with Crippen molar-refractivity contribution in [3.05, 3.63) is 41.7 Å². The first-order valence-corrected chi connectivity index (χ1v) is 5.96. The first-order chi connectivity index (χ1) is 8.72. The van der Waals surface area contributed by atoms with Gasteiger partial charge in [0.15, 0.2) is 0 Å². The van der Waals surface area contributed by atoms with E-state index in [1.54, 1.807) is 30.5 Å². The van der Waals surface area contributed by atoms with Crippen LogP contribution in [0.25, 0.3) is 5.69 Å². The number of nitrogens with zero attached hydrogens (tertiary/aromatic N) is 3. The van der Waals surface area contributed by atoms with Crippen molar-refractivity contribution in [1.82, 2.24) is 15.0 Å². The Balaban J connectivity index is 2.31. The molecule has 5 heteroatoms. The molecule has 0 bridgehead atoms. The molecule has 0 aliphatic rings. The summed E-state index contributed by atoms with van der Waals surface area (Å²) < 4.78 is 0. The monoisotopic (exact) mass is 245 g/mol. The van der Waals surface area contributed by atoms with Gasteiger partial charge in [0.05, 0.1) is 17.5 Å². The van der Waals surface area contributed by atoms with Crippen LogP contribution in [0.3, 0.4) is 0 Å². The van der Waals surface area contributed by atoms with Crippen LogP contribution in [0.15, 0.2) is 30.5 Å². The number of aryl methyl sites for hydroxylation is 1. The predicted molar refractivity (Wildman–Crippen MR) is 66.9 cm³/mol. The Morgan fingerprint density at radius 2 is 2.17 bits per heavy atom. The molecule has 18 heavy (non-hydrogen) atoms. The van der Waals surface area contributed by atoms with E-state index in [0.717, 1.165) is 25.0 Å². The van der Waals surface area contributed by atoms with E-state index in [1.165, 1.54) is 4.80 Å². The minimum atomic E-state index is -0.974. The number of hydrogen-bond acceptors (Lipinski definition) is 3. The first-order valence-electron chi connectivity index (χ1n) is 5.96. The van der Waals surface area contributed by atoms with Gasteiger partial charge in [-0.15, -0.1) is 0 Å². The number of carboxylic acids is 1. The number of hydrogen-bond donors (Lipinski definition) is 1. The standard InChI is InChI=1S/C13H15N3O2/c1-2-3-6-10-9-14-16(15-10)12-8-5-4-7-11(12)13(17)18/h4-5,7-9H,2-3,6H2,1H3,(H,17,18). The lowest BCUT2D eigenvalue weighted by atomic mass is 10.2. The van der Waals surface area contributed by atoms with Crippen LogP contribution >= 0.6 is 0 Å². The summed E-state index contributed by atoms with van der Waals surface area (Å²) in [5.74, 6) is -0.974. The Morgan fingerprint density at radius 1 is 1.39 bits per heavy atom. The maximum atomic E-state index is 11.1. The summed E-state index contributed by atoms with van der Waals surface area (Å²) in [6, 6.07) is 6.71. The Morgan fingerprint density at radius 3 is 2.89 bits per heavy atom. The maximum Gasteiger partial charge on any atom is 0.337 e. The number of unbranched alkanes of at least 4 members (excludes halogenated alkanes) is 1. The van der Waals surface area contributed by atoms with Crippen LogP contribution in [0.5, 0.6) is 0 Å². The lowest BCUT2D eigenvalue weighted by Crippen LogP contribution is -2.07. The van der Waals surface area contributed by atoms with E-state index in [2.05, 4.69) is 17.1 Å². The summed E-state index contributed by atoms with van der Waals surface area (Å²) >= 11 is 0. The van der Waals surface area contributed by atoms with Gasteiger partial charge in [-0.1, -0.05) is 25.5 Å². The molecule has 2 rings (SSSR count). The second-order valence-corrected chi connectivity index (χ2v) is 4.05. The quantitative estimate of drug-likeness (QED) is 0.877. The van der Waals surface area contributed by atoms with Crippen molar-refractivity contribution < 1.29 is 9.90 Å². The fourth-order valence-electron chi connectivity index (χ4n) is 1.71. The summed E-state index contributed by atoms with van der Waals surface area (Å²) in [5, 5.41) is 17.5. The molecule has 0 saturated heterocycles. The van der Waals surface area contributed by atoms with Gasteiger partial charge < -0.3 is 5.11 Å². The van der Waals surface area contributed by atoms with E-state index in [9.17, 15) is 4.79 Å². The normalized spacial score (nSPS) is 10.5. The van der Waals surface area contributed by atoms with Crippen molar-refractivity contribution in [3.8, 4) is 5.69 Å². The Bertz CT molecular complexity index is 549. The topological polar surface area (TPSA) is 68.0 Å². The van der Waals surface area contributed by atoms with Gasteiger partial charge in [-0.05, 0) is 25.0 Å². The fraction of sp³-hybridized carbons (Fsp3) is 0.308. The number of para-hydroxylation sites is 1. The van der Waals surface area contributed by atoms with E-state index >= 15 is 0 Å². The molecule has 0 amide bonds. The van der Waals surface area contributed by atoms with E-state index in [0.29, 0.717) is 5.69 Å². The number of carbonyl (C=O) groups is 1. The molecule has 1 aromatic carbocycles. The summed E-state index contributed by atoms with van der Waals surface area (Å²) in [4.78, 5) is 12.5. The van der Waals surface area contributed by atoms with Crippen molar-refractivity contribution >= 4 is 5.97 Å². The number of rotatable bonds is 5. The van der Waals surface area contributed by atoms with Crippen molar-refractivity contribution in [2.75, 3.05) is 0 Å². The molecule has 94 valence electrons. The van der Waals surface area contributed by atoms with Gasteiger partial charge in [-0.2, -0.15) is 15.0 Å². The van der Waals surface area contributed by atoms with Crippen molar-refractivity contribution in [2.45, 2.75) is 26.2 Å². The molecule has 0 radical (unpaired) electrons. The Hall–Kier alpha value is -2.17. The van der Waals surface area contributed by atoms with Crippen molar-refractivity contribution in [3.63, 3.8) is 0 Å². The van der Waals surface area contributed by atoms with Crippen LogP contribution in [0, 0.1) is 0 Å². The highest BCUT2D eigenvalue weighted by Crippen LogP contribution is 2.13. The Labute approximate surface area is 105 Å². The number of aromatic carboxylic acids is 1. The third-order valence-electron chi connectivity index (χ3n) is 2.68. The largest absolute Gasteiger partial charge is 0.478 e. The fourth-order valence-corrected chi connectivity index (χ4v) is 1.71. The van der Waals surface area contributed by atoms with E-state index in [1.807, 2.05) is 0 Å². The SMILES string of the molecule is CCCCc1cnn(-c2ccccc2C(=O)O)n1. The van der Waals surface area contributed by atoms with Crippen LogP contribution in [-0.4, -0.2) is 26.1 Å². The number of aromatic nitrogens is 3.